The maximum atomic E-state index is 15.1. The van der Waals surface area contributed by atoms with Gasteiger partial charge in [-0.05, 0) is 60.7 Å². The van der Waals surface area contributed by atoms with Gasteiger partial charge in [-0.15, -0.1) is 0 Å². The molecule has 0 saturated carbocycles. The van der Waals surface area contributed by atoms with Crippen molar-refractivity contribution in [3.8, 4) is 0 Å². The molecular formula is C23H20F2N4O2. The number of pyridine rings is 2. The van der Waals surface area contributed by atoms with Gasteiger partial charge < -0.3 is 5.32 Å². The summed E-state index contributed by atoms with van der Waals surface area (Å²) in [6, 6.07) is 7.68. The lowest BCUT2D eigenvalue weighted by Crippen LogP contribution is -2.39. The molecule has 2 amide bonds. The number of amides is 2. The molecule has 6 nitrogen and oxygen atoms in total. The first-order valence-corrected chi connectivity index (χ1v) is 9.81. The highest BCUT2D eigenvalue weighted by molar-refractivity contribution is 6.08. The van der Waals surface area contributed by atoms with Crippen molar-refractivity contribution < 1.29 is 18.4 Å². The summed E-state index contributed by atoms with van der Waals surface area (Å²) >= 11 is 0. The standard InChI is InChI=1S/C23H20F2N4O2/c1-13-15(10-14-5-6-19(28-12-14)22(30)26-2)11-17-16(20(13)25)7-9-29(23(17)31)21-18(24)4-3-8-27-21/h3-6,8,11-12H,7,9-10H2,1-2H3,(H,26,30). The second-order valence-corrected chi connectivity index (χ2v) is 7.32. The van der Waals surface area contributed by atoms with Crippen molar-refractivity contribution in [2.45, 2.75) is 19.8 Å². The topological polar surface area (TPSA) is 75.2 Å². The summed E-state index contributed by atoms with van der Waals surface area (Å²) < 4.78 is 29.3. The molecule has 0 fully saturated rings. The maximum Gasteiger partial charge on any atom is 0.269 e. The highest BCUT2D eigenvalue weighted by atomic mass is 19.1. The van der Waals surface area contributed by atoms with Gasteiger partial charge in [-0.25, -0.2) is 13.8 Å². The summed E-state index contributed by atoms with van der Waals surface area (Å²) in [4.78, 5) is 34.1. The van der Waals surface area contributed by atoms with Gasteiger partial charge in [0.05, 0.1) is 0 Å². The fourth-order valence-corrected chi connectivity index (χ4v) is 3.73. The molecular weight excluding hydrogens is 402 g/mol. The van der Waals surface area contributed by atoms with Crippen molar-refractivity contribution in [2.24, 2.45) is 0 Å². The lowest BCUT2D eigenvalue weighted by Gasteiger charge is -2.29. The number of halogens is 2. The third-order valence-corrected chi connectivity index (χ3v) is 5.45. The van der Waals surface area contributed by atoms with Gasteiger partial charge in [-0.3, -0.25) is 19.5 Å². The Morgan fingerprint density at radius 1 is 1.23 bits per heavy atom. The van der Waals surface area contributed by atoms with E-state index in [4.69, 9.17) is 0 Å². The summed E-state index contributed by atoms with van der Waals surface area (Å²) in [6.07, 6.45) is 3.57. The van der Waals surface area contributed by atoms with Crippen molar-refractivity contribution >= 4 is 17.6 Å². The average molecular weight is 422 g/mol. The number of carbonyl (C=O) groups excluding carboxylic acids is 2. The Bertz CT molecular complexity index is 1180. The third kappa shape index (κ3) is 3.76. The van der Waals surface area contributed by atoms with Gasteiger partial charge in [0.2, 0.25) is 0 Å². The smallest absolute Gasteiger partial charge is 0.269 e. The number of rotatable bonds is 4. The molecule has 0 aliphatic carbocycles. The molecule has 1 aliphatic heterocycles. The number of hydrogen-bond acceptors (Lipinski definition) is 4. The zero-order chi connectivity index (χ0) is 22.1. The number of benzene rings is 1. The normalized spacial score (nSPS) is 13.2. The Morgan fingerprint density at radius 2 is 2.03 bits per heavy atom. The van der Waals surface area contributed by atoms with E-state index in [1.165, 1.54) is 30.3 Å². The zero-order valence-corrected chi connectivity index (χ0v) is 17.1. The van der Waals surface area contributed by atoms with E-state index in [1.54, 1.807) is 31.3 Å². The van der Waals surface area contributed by atoms with E-state index in [-0.39, 0.29) is 35.9 Å². The Morgan fingerprint density at radius 3 is 2.71 bits per heavy atom. The van der Waals surface area contributed by atoms with Crippen molar-refractivity contribution in [3.63, 3.8) is 0 Å². The summed E-state index contributed by atoms with van der Waals surface area (Å²) in [5, 5.41) is 2.50. The van der Waals surface area contributed by atoms with Crippen LogP contribution in [0.25, 0.3) is 0 Å². The van der Waals surface area contributed by atoms with Gasteiger partial charge in [-0.2, -0.15) is 0 Å². The summed E-state index contributed by atoms with van der Waals surface area (Å²) in [5.74, 6) is -1.86. The fraction of sp³-hybridized carbons (Fsp3) is 0.217. The van der Waals surface area contributed by atoms with Crippen LogP contribution in [0.3, 0.4) is 0 Å². The second-order valence-electron chi connectivity index (χ2n) is 7.32. The molecule has 1 aliphatic rings. The molecule has 0 radical (unpaired) electrons. The molecule has 8 heteroatoms. The van der Waals surface area contributed by atoms with E-state index in [0.29, 0.717) is 23.1 Å². The van der Waals surface area contributed by atoms with Crippen LogP contribution in [0.5, 0.6) is 0 Å². The maximum absolute atomic E-state index is 15.1. The highest BCUT2D eigenvalue weighted by Crippen LogP contribution is 2.30. The van der Waals surface area contributed by atoms with Crippen molar-refractivity contribution in [1.82, 2.24) is 15.3 Å². The van der Waals surface area contributed by atoms with Crippen LogP contribution in [0, 0.1) is 18.6 Å². The van der Waals surface area contributed by atoms with E-state index in [0.717, 1.165) is 5.56 Å². The van der Waals surface area contributed by atoms with Crippen LogP contribution >= 0.6 is 0 Å². The molecule has 0 bridgehead atoms. The lowest BCUT2D eigenvalue weighted by molar-refractivity contribution is 0.0955. The molecule has 1 N–H and O–H groups in total. The minimum atomic E-state index is -0.602. The SMILES string of the molecule is CNC(=O)c1ccc(Cc2cc3c(c(F)c2C)CCN(c2ncccc2F)C3=O)cn1. The minimum absolute atomic E-state index is 0.0605. The van der Waals surface area contributed by atoms with E-state index >= 15 is 4.39 Å². The summed E-state index contributed by atoms with van der Waals surface area (Å²) in [7, 11) is 1.52. The number of nitrogens with one attached hydrogen (secondary N) is 1. The van der Waals surface area contributed by atoms with Crippen LogP contribution in [0.15, 0.2) is 42.7 Å². The van der Waals surface area contributed by atoms with Gasteiger partial charge in [0.15, 0.2) is 11.6 Å². The molecule has 0 saturated heterocycles. The number of carbonyl (C=O) groups is 2. The quantitative estimate of drug-likeness (QED) is 0.701. The van der Waals surface area contributed by atoms with Gasteiger partial charge in [0.1, 0.15) is 11.5 Å². The van der Waals surface area contributed by atoms with Crippen LogP contribution in [0.2, 0.25) is 0 Å². The van der Waals surface area contributed by atoms with E-state index in [2.05, 4.69) is 15.3 Å². The van der Waals surface area contributed by atoms with Crippen LogP contribution in [0.1, 0.15) is 43.1 Å². The Hall–Kier alpha value is -3.68. The number of hydrogen-bond donors (Lipinski definition) is 1. The predicted octanol–water partition coefficient (Wildman–Crippen LogP) is 3.22. The van der Waals surface area contributed by atoms with Gasteiger partial charge in [-0.1, -0.05) is 6.07 Å². The summed E-state index contributed by atoms with van der Waals surface area (Å²) in [6.45, 7) is 1.83. The zero-order valence-electron chi connectivity index (χ0n) is 17.1. The van der Waals surface area contributed by atoms with Crippen molar-refractivity contribution in [1.29, 1.82) is 0 Å². The fourth-order valence-electron chi connectivity index (χ4n) is 3.73. The van der Waals surface area contributed by atoms with E-state index in [1.807, 2.05) is 0 Å². The molecule has 3 heterocycles. The van der Waals surface area contributed by atoms with Crippen LogP contribution in [0.4, 0.5) is 14.6 Å². The Labute approximate surface area is 177 Å². The largest absolute Gasteiger partial charge is 0.354 e. The number of aromatic nitrogens is 2. The first-order valence-electron chi connectivity index (χ1n) is 9.81. The molecule has 2 aromatic heterocycles. The highest BCUT2D eigenvalue weighted by Gasteiger charge is 2.31. The number of anilines is 1. The molecule has 158 valence electrons. The average Bonchev–Trinajstić information content (AvgIpc) is 2.78. The van der Waals surface area contributed by atoms with Crippen molar-refractivity contribution in [2.75, 3.05) is 18.5 Å². The monoisotopic (exact) mass is 422 g/mol. The van der Waals surface area contributed by atoms with E-state index in [9.17, 15) is 14.0 Å². The third-order valence-electron chi connectivity index (χ3n) is 5.45. The van der Waals surface area contributed by atoms with Crippen LogP contribution in [-0.2, 0) is 12.8 Å². The summed E-state index contributed by atoms with van der Waals surface area (Å²) in [5.41, 5.74) is 2.69. The van der Waals surface area contributed by atoms with Gasteiger partial charge in [0.25, 0.3) is 11.8 Å². The molecule has 31 heavy (non-hydrogen) atoms. The minimum Gasteiger partial charge on any atom is -0.354 e. The molecule has 0 spiro atoms. The second kappa shape index (κ2) is 8.22. The molecule has 0 atom stereocenters. The predicted molar refractivity (Wildman–Crippen MR) is 111 cm³/mol. The molecule has 0 unspecified atom stereocenters. The first-order chi connectivity index (χ1) is 14.9. The van der Waals surface area contributed by atoms with Gasteiger partial charge >= 0.3 is 0 Å². The number of nitrogens with zero attached hydrogens (tertiary/aromatic N) is 3. The van der Waals surface area contributed by atoms with E-state index < -0.39 is 17.5 Å². The number of fused-ring (bicyclic) bond motifs is 1. The molecule has 1 aromatic carbocycles. The Kier molecular flexibility index (Phi) is 5.46. The van der Waals surface area contributed by atoms with Gasteiger partial charge in [0, 0.05) is 37.1 Å². The van der Waals surface area contributed by atoms with Crippen molar-refractivity contribution in [3.05, 3.63) is 87.9 Å². The molecule has 4 rings (SSSR count). The van der Waals surface area contributed by atoms with Crippen LogP contribution < -0.4 is 10.2 Å². The lowest BCUT2D eigenvalue weighted by atomic mass is 9.90. The first kappa shape index (κ1) is 20.6. The molecule has 3 aromatic rings. The Balaban J connectivity index is 1.68. The van der Waals surface area contributed by atoms with Crippen LogP contribution in [-0.4, -0.2) is 35.4 Å².